The maximum atomic E-state index is 12.6. The molecule has 0 bridgehead atoms. The van der Waals surface area contributed by atoms with Crippen molar-refractivity contribution in [1.82, 2.24) is 9.97 Å². The number of nitrogens with one attached hydrogen (secondary N) is 1. The van der Waals surface area contributed by atoms with Gasteiger partial charge in [0.15, 0.2) is 5.13 Å². The Balaban J connectivity index is 1.78. The highest BCUT2D eigenvalue weighted by atomic mass is 32.1. The fourth-order valence-corrected chi connectivity index (χ4v) is 4.30. The Bertz CT molecular complexity index is 1270. The number of carbonyl (C=O) groups excluding carboxylic acids is 1. The van der Waals surface area contributed by atoms with Gasteiger partial charge in [0.25, 0.3) is 11.6 Å². The first-order valence-electron chi connectivity index (χ1n) is 9.47. The lowest BCUT2D eigenvalue weighted by Crippen LogP contribution is -2.11. The van der Waals surface area contributed by atoms with Gasteiger partial charge in [-0.2, -0.15) is 0 Å². The zero-order valence-corrected chi connectivity index (χ0v) is 17.6. The van der Waals surface area contributed by atoms with Crippen LogP contribution in [0.2, 0.25) is 0 Å². The molecule has 7 nitrogen and oxygen atoms in total. The molecule has 0 radical (unpaired) electrons. The van der Waals surface area contributed by atoms with Crippen molar-refractivity contribution in [3.8, 4) is 21.7 Å². The molecule has 0 spiro atoms. The lowest BCUT2D eigenvalue weighted by Gasteiger charge is -2.07. The molecule has 0 unspecified atom stereocenters. The number of nitrogens with zero attached hydrogens (tertiary/aromatic N) is 3. The summed E-state index contributed by atoms with van der Waals surface area (Å²) in [7, 11) is 0. The van der Waals surface area contributed by atoms with Crippen LogP contribution in [0.4, 0.5) is 10.8 Å². The fourth-order valence-electron chi connectivity index (χ4n) is 3.23. The van der Waals surface area contributed by atoms with Crippen molar-refractivity contribution in [1.29, 1.82) is 0 Å². The van der Waals surface area contributed by atoms with Crippen LogP contribution in [0, 0.1) is 24.0 Å². The van der Waals surface area contributed by atoms with E-state index in [1.807, 2.05) is 26.0 Å². The molecule has 0 saturated heterocycles. The maximum absolute atomic E-state index is 12.6. The molecular formula is C23H18N4O3S. The van der Waals surface area contributed by atoms with Gasteiger partial charge >= 0.3 is 0 Å². The zero-order chi connectivity index (χ0) is 22.0. The van der Waals surface area contributed by atoms with E-state index in [0.29, 0.717) is 16.4 Å². The Kier molecular flexibility index (Phi) is 5.55. The molecule has 1 amide bonds. The fraction of sp³-hybridized carbons (Fsp3) is 0.0870. The number of nitro groups is 1. The van der Waals surface area contributed by atoms with Gasteiger partial charge in [0.05, 0.1) is 21.1 Å². The predicted molar refractivity (Wildman–Crippen MR) is 121 cm³/mol. The highest BCUT2D eigenvalue weighted by Crippen LogP contribution is 2.41. The van der Waals surface area contributed by atoms with Crippen molar-refractivity contribution < 1.29 is 9.72 Å². The van der Waals surface area contributed by atoms with Gasteiger partial charge in [-0.25, -0.2) is 4.98 Å². The van der Waals surface area contributed by atoms with Crippen molar-refractivity contribution in [2.24, 2.45) is 0 Å². The van der Waals surface area contributed by atoms with Gasteiger partial charge in [0, 0.05) is 30.1 Å². The maximum Gasteiger partial charge on any atom is 0.269 e. The number of hydrogen-bond donors (Lipinski definition) is 1. The number of pyridine rings is 1. The first kappa shape index (κ1) is 20.4. The highest BCUT2D eigenvalue weighted by molar-refractivity contribution is 7.19. The van der Waals surface area contributed by atoms with Gasteiger partial charge in [-0.3, -0.25) is 25.2 Å². The SMILES string of the molecule is Cc1ccc(-c2sc(NC(=O)c3cccnc3)nc2-c2ccc([N+](=O)[O-])cc2)c(C)c1. The summed E-state index contributed by atoms with van der Waals surface area (Å²) in [5, 5.41) is 14.3. The van der Waals surface area contributed by atoms with E-state index in [0.717, 1.165) is 27.1 Å². The van der Waals surface area contributed by atoms with E-state index < -0.39 is 4.92 Å². The summed E-state index contributed by atoms with van der Waals surface area (Å²) in [6, 6.07) is 15.8. The first-order chi connectivity index (χ1) is 14.9. The highest BCUT2D eigenvalue weighted by Gasteiger charge is 2.19. The van der Waals surface area contributed by atoms with Crippen LogP contribution >= 0.6 is 11.3 Å². The summed E-state index contributed by atoms with van der Waals surface area (Å²) in [4.78, 5) is 32.7. The molecule has 1 N–H and O–H groups in total. The Morgan fingerprint density at radius 1 is 1.10 bits per heavy atom. The van der Waals surface area contributed by atoms with E-state index in [1.165, 1.54) is 29.7 Å². The second-order valence-corrected chi connectivity index (χ2v) is 8.01. The molecule has 0 fully saturated rings. The number of thiazole rings is 1. The van der Waals surface area contributed by atoms with Gasteiger partial charge < -0.3 is 0 Å². The normalized spacial score (nSPS) is 10.6. The number of amides is 1. The van der Waals surface area contributed by atoms with Gasteiger partial charge in [-0.15, -0.1) is 0 Å². The predicted octanol–water partition coefficient (Wildman–Crippen LogP) is 5.65. The Morgan fingerprint density at radius 2 is 1.87 bits per heavy atom. The number of carbonyl (C=O) groups is 1. The molecule has 31 heavy (non-hydrogen) atoms. The molecule has 0 aliphatic carbocycles. The lowest BCUT2D eigenvalue weighted by molar-refractivity contribution is -0.384. The number of aryl methyl sites for hydroxylation is 2. The van der Waals surface area contributed by atoms with Crippen molar-refractivity contribution in [3.63, 3.8) is 0 Å². The largest absolute Gasteiger partial charge is 0.298 e. The van der Waals surface area contributed by atoms with Crippen LogP contribution in [0.25, 0.3) is 21.7 Å². The van der Waals surface area contributed by atoms with Crippen molar-refractivity contribution >= 4 is 28.1 Å². The summed E-state index contributed by atoms with van der Waals surface area (Å²) in [5.41, 5.74) is 5.06. The topological polar surface area (TPSA) is 98.0 Å². The van der Waals surface area contributed by atoms with Crippen molar-refractivity contribution in [2.75, 3.05) is 5.32 Å². The molecule has 2 heterocycles. The monoisotopic (exact) mass is 430 g/mol. The molecular weight excluding hydrogens is 412 g/mol. The Morgan fingerprint density at radius 3 is 2.52 bits per heavy atom. The number of rotatable bonds is 5. The van der Waals surface area contributed by atoms with E-state index in [-0.39, 0.29) is 11.6 Å². The van der Waals surface area contributed by atoms with Gasteiger partial charge in [0.1, 0.15) is 0 Å². The van der Waals surface area contributed by atoms with E-state index in [4.69, 9.17) is 0 Å². The molecule has 0 saturated carbocycles. The smallest absolute Gasteiger partial charge is 0.269 e. The Hall–Kier alpha value is -3.91. The number of nitro benzene ring substituents is 1. The number of hydrogen-bond acceptors (Lipinski definition) is 6. The molecule has 0 atom stereocenters. The third-order valence-electron chi connectivity index (χ3n) is 4.75. The number of benzene rings is 2. The average molecular weight is 430 g/mol. The Labute approximate surface area is 182 Å². The standard InChI is InChI=1S/C23H18N4O3S/c1-14-5-10-19(15(2)12-14)21-20(16-6-8-18(9-7-16)27(29)30)25-23(31-21)26-22(28)17-4-3-11-24-13-17/h3-13H,1-2H3,(H,25,26,28). The minimum atomic E-state index is -0.435. The summed E-state index contributed by atoms with van der Waals surface area (Å²) >= 11 is 1.36. The van der Waals surface area contributed by atoms with Crippen molar-refractivity contribution in [2.45, 2.75) is 13.8 Å². The quantitative estimate of drug-likeness (QED) is 0.326. The molecule has 0 aliphatic rings. The molecule has 4 aromatic rings. The van der Waals surface area contributed by atoms with Gasteiger partial charge in [-0.1, -0.05) is 35.1 Å². The lowest BCUT2D eigenvalue weighted by atomic mass is 10.0. The second kappa shape index (κ2) is 8.45. The third kappa shape index (κ3) is 4.34. The van der Waals surface area contributed by atoms with Crippen LogP contribution in [-0.4, -0.2) is 20.8 Å². The summed E-state index contributed by atoms with van der Waals surface area (Å²) in [6.45, 7) is 4.05. The molecule has 8 heteroatoms. The van der Waals surface area contributed by atoms with Gasteiger partial charge in [0.2, 0.25) is 0 Å². The summed E-state index contributed by atoms with van der Waals surface area (Å²) in [6.07, 6.45) is 3.09. The number of aromatic nitrogens is 2. The molecule has 154 valence electrons. The van der Waals surface area contributed by atoms with Crippen LogP contribution in [-0.2, 0) is 0 Å². The first-order valence-corrected chi connectivity index (χ1v) is 10.3. The van der Waals surface area contributed by atoms with E-state index in [2.05, 4.69) is 21.4 Å². The minimum absolute atomic E-state index is 0.0112. The van der Waals surface area contributed by atoms with E-state index >= 15 is 0 Å². The molecule has 2 aromatic heterocycles. The summed E-state index contributed by atoms with van der Waals surface area (Å²) in [5.74, 6) is -0.302. The molecule has 4 rings (SSSR count). The van der Waals surface area contributed by atoms with E-state index in [1.54, 1.807) is 30.5 Å². The second-order valence-electron chi connectivity index (χ2n) is 7.01. The minimum Gasteiger partial charge on any atom is -0.298 e. The third-order valence-corrected chi connectivity index (χ3v) is 5.75. The van der Waals surface area contributed by atoms with Crippen LogP contribution in [0.1, 0.15) is 21.5 Å². The average Bonchev–Trinajstić information content (AvgIpc) is 3.17. The van der Waals surface area contributed by atoms with Crippen molar-refractivity contribution in [3.05, 3.63) is 93.8 Å². The molecule has 0 aliphatic heterocycles. The van der Waals surface area contributed by atoms with Crippen LogP contribution in [0.3, 0.4) is 0 Å². The summed E-state index contributed by atoms with van der Waals surface area (Å²) < 4.78 is 0. The zero-order valence-electron chi connectivity index (χ0n) is 16.8. The number of non-ortho nitro benzene ring substituents is 1. The molecule has 2 aromatic carbocycles. The van der Waals surface area contributed by atoms with Crippen LogP contribution in [0.15, 0.2) is 67.0 Å². The van der Waals surface area contributed by atoms with E-state index in [9.17, 15) is 14.9 Å². The van der Waals surface area contributed by atoms with Gasteiger partial charge in [-0.05, 0) is 49.2 Å². The number of anilines is 1. The van der Waals surface area contributed by atoms with Crippen LogP contribution < -0.4 is 5.32 Å². The van der Waals surface area contributed by atoms with Crippen LogP contribution in [0.5, 0.6) is 0 Å².